The summed E-state index contributed by atoms with van der Waals surface area (Å²) in [5.74, 6) is 0.496. The Balaban J connectivity index is 1.44. The first-order chi connectivity index (χ1) is 19.9. The third kappa shape index (κ3) is 9.20. The van der Waals surface area contributed by atoms with Crippen molar-refractivity contribution in [1.82, 2.24) is 14.7 Å². The van der Waals surface area contributed by atoms with Crippen LogP contribution in [0, 0.1) is 0 Å². The lowest BCUT2D eigenvalue weighted by atomic mass is 10.1. The SMILES string of the molecule is CCSc1nsc(NC(=O)CSc2cccc(NC(=O)/C(=C/c3cccc(OC)c3)NC(=O)c3ccccc3)c2)n1. The number of benzene rings is 3. The zero-order chi connectivity index (χ0) is 29.0. The molecule has 12 heteroatoms. The summed E-state index contributed by atoms with van der Waals surface area (Å²) in [6.07, 6.45) is 1.58. The Kier molecular flexibility index (Phi) is 10.9. The van der Waals surface area contributed by atoms with Crippen LogP contribution in [0.3, 0.4) is 0 Å². The summed E-state index contributed by atoms with van der Waals surface area (Å²) < 4.78 is 9.48. The maximum Gasteiger partial charge on any atom is 0.272 e. The van der Waals surface area contributed by atoms with E-state index in [9.17, 15) is 14.4 Å². The molecule has 41 heavy (non-hydrogen) atoms. The number of rotatable bonds is 12. The average Bonchev–Trinajstić information content (AvgIpc) is 3.43. The Morgan fingerprint density at radius 2 is 1.76 bits per heavy atom. The van der Waals surface area contributed by atoms with Crippen LogP contribution in [0.4, 0.5) is 10.8 Å². The van der Waals surface area contributed by atoms with Crippen molar-refractivity contribution in [3.05, 3.63) is 95.7 Å². The van der Waals surface area contributed by atoms with Gasteiger partial charge in [-0.3, -0.25) is 19.7 Å². The highest BCUT2D eigenvalue weighted by Crippen LogP contribution is 2.24. The average molecular weight is 606 g/mol. The first-order valence-corrected chi connectivity index (χ1v) is 15.2. The fourth-order valence-corrected chi connectivity index (χ4v) is 5.50. The second-order valence-electron chi connectivity index (χ2n) is 8.29. The molecular weight excluding hydrogens is 579 g/mol. The lowest BCUT2D eigenvalue weighted by Gasteiger charge is -2.12. The minimum atomic E-state index is -0.506. The molecule has 0 saturated carbocycles. The summed E-state index contributed by atoms with van der Waals surface area (Å²) in [5.41, 5.74) is 1.66. The summed E-state index contributed by atoms with van der Waals surface area (Å²) >= 11 is 3.97. The Morgan fingerprint density at radius 1 is 0.951 bits per heavy atom. The van der Waals surface area contributed by atoms with Crippen molar-refractivity contribution in [2.75, 3.05) is 29.2 Å². The molecule has 0 aliphatic heterocycles. The number of anilines is 2. The van der Waals surface area contributed by atoms with Gasteiger partial charge in [0.2, 0.25) is 16.2 Å². The van der Waals surface area contributed by atoms with E-state index in [4.69, 9.17) is 4.74 Å². The van der Waals surface area contributed by atoms with Gasteiger partial charge in [-0.1, -0.05) is 55.1 Å². The zero-order valence-corrected chi connectivity index (χ0v) is 24.7. The topological polar surface area (TPSA) is 122 Å². The molecule has 9 nitrogen and oxygen atoms in total. The monoisotopic (exact) mass is 605 g/mol. The van der Waals surface area contributed by atoms with Crippen molar-refractivity contribution in [2.24, 2.45) is 0 Å². The van der Waals surface area contributed by atoms with E-state index >= 15 is 0 Å². The quantitative estimate of drug-likeness (QED) is 0.137. The third-order valence-electron chi connectivity index (χ3n) is 5.32. The predicted octanol–water partition coefficient (Wildman–Crippen LogP) is 5.80. The first-order valence-electron chi connectivity index (χ1n) is 12.5. The summed E-state index contributed by atoms with van der Waals surface area (Å²) in [6, 6.07) is 22.9. The van der Waals surface area contributed by atoms with E-state index in [1.165, 1.54) is 23.5 Å². The number of carbonyl (C=O) groups is 3. The highest BCUT2D eigenvalue weighted by Gasteiger charge is 2.16. The normalized spacial score (nSPS) is 11.0. The number of carbonyl (C=O) groups excluding carboxylic acids is 3. The van der Waals surface area contributed by atoms with Gasteiger partial charge in [0.05, 0.1) is 12.9 Å². The van der Waals surface area contributed by atoms with Crippen LogP contribution in [-0.4, -0.2) is 45.7 Å². The van der Waals surface area contributed by atoms with Gasteiger partial charge in [-0.25, -0.2) is 0 Å². The highest BCUT2D eigenvalue weighted by atomic mass is 32.2. The number of hydrogen-bond acceptors (Lipinski definition) is 9. The van der Waals surface area contributed by atoms with Crippen LogP contribution >= 0.6 is 35.1 Å². The number of thioether (sulfide) groups is 2. The summed E-state index contributed by atoms with van der Waals surface area (Å²) in [5, 5.41) is 9.43. The van der Waals surface area contributed by atoms with Crippen molar-refractivity contribution in [3.8, 4) is 5.75 Å². The van der Waals surface area contributed by atoms with Gasteiger partial charge in [0.1, 0.15) is 11.4 Å². The predicted molar refractivity (Wildman–Crippen MR) is 166 cm³/mol. The second kappa shape index (κ2) is 15.0. The molecule has 0 aliphatic carbocycles. The standard InChI is InChI=1S/C29H27N5O4S3/c1-3-39-29-33-28(41-34-29)32-25(35)18-40-23-14-8-12-21(17-23)30-27(37)24(16-19-9-7-13-22(15-19)38-2)31-26(36)20-10-5-4-6-11-20/h4-17H,3,18H2,1-2H3,(H,30,37)(H,31,36)(H,32,33,34,35)/b24-16-. The van der Waals surface area contributed by atoms with E-state index < -0.39 is 11.8 Å². The number of hydrogen-bond donors (Lipinski definition) is 3. The Morgan fingerprint density at radius 3 is 2.54 bits per heavy atom. The molecule has 4 aromatic rings. The van der Waals surface area contributed by atoms with Gasteiger partial charge in [-0.15, -0.1) is 11.8 Å². The van der Waals surface area contributed by atoms with Crippen molar-refractivity contribution in [2.45, 2.75) is 17.0 Å². The Hall–Kier alpha value is -4.13. The minimum Gasteiger partial charge on any atom is -0.497 e. The minimum absolute atomic E-state index is 0.0576. The molecule has 0 bridgehead atoms. The van der Waals surface area contributed by atoms with E-state index in [-0.39, 0.29) is 17.4 Å². The molecular formula is C29H27N5O4S3. The number of methoxy groups -OCH3 is 1. The summed E-state index contributed by atoms with van der Waals surface area (Å²) in [6.45, 7) is 2.01. The second-order valence-corrected chi connectivity index (χ2v) is 11.3. The maximum atomic E-state index is 13.4. The van der Waals surface area contributed by atoms with Gasteiger partial charge in [-0.2, -0.15) is 9.36 Å². The van der Waals surface area contributed by atoms with Crippen molar-refractivity contribution in [3.63, 3.8) is 0 Å². The number of nitrogens with one attached hydrogen (secondary N) is 3. The van der Waals surface area contributed by atoms with Gasteiger partial charge in [0.15, 0.2) is 0 Å². The van der Waals surface area contributed by atoms with Crippen LogP contribution in [-0.2, 0) is 9.59 Å². The van der Waals surface area contributed by atoms with Gasteiger partial charge in [-0.05, 0) is 59.9 Å². The van der Waals surface area contributed by atoms with E-state index in [1.54, 1.807) is 79.9 Å². The molecule has 3 aromatic carbocycles. The molecule has 1 aromatic heterocycles. The van der Waals surface area contributed by atoms with Crippen molar-refractivity contribution >= 4 is 69.7 Å². The molecule has 0 spiro atoms. The van der Waals surface area contributed by atoms with Crippen LogP contribution in [0.2, 0.25) is 0 Å². The first kappa shape index (κ1) is 29.8. The molecule has 4 rings (SSSR count). The molecule has 0 atom stereocenters. The maximum absolute atomic E-state index is 13.4. The van der Waals surface area contributed by atoms with E-state index in [2.05, 4.69) is 25.3 Å². The summed E-state index contributed by atoms with van der Waals surface area (Å²) in [7, 11) is 1.56. The smallest absolute Gasteiger partial charge is 0.272 e. The van der Waals surface area contributed by atoms with Crippen LogP contribution in [0.1, 0.15) is 22.8 Å². The molecule has 210 valence electrons. The van der Waals surface area contributed by atoms with Crippen LogP contribution in [0.15, 0.2) is 94.6 Å². The third-order valence-corrected chi connectivity index (χ3v) is 7.79. The number of aromatic nitrogens is 2. The number of ether oxygens (including phenoxy) is 1. The molecule has 3 amide bonds. The molecule has 0 radical (unpaired) electrons. The van der Waals surface area contributed by atoms with E-state index in [1.807, 2.05) is 19.1 Å². The molecule has 3 N–H and O–H groups in total. The lowest BCUT2D eigenvalue weighted by Crippen LogP contribution is -2.30. The zero-order valence-electron chi connectivity index (χ0n) is 22.2. The number of amides is 3. The molecule has 0 saturated heterocycles. The van der Waals surface area contributed by atoms with E-state index in [0.717, 1.165) is 22.2 Å². The van der Waals surface area contributed by atoms with Gasteiger partial charge >= 0.3 is 0 Å². The fraction of sp³-hybridized carbons (Fsp3) is 0.138. The largest absolute Gasteiger partial charge is 0.497 e. The van der Waals surface area contributed by atoms with Crippen LogP contribution < -0.4 is 20.7 Å². The lowest BCUT2D eigenvalue weighted by molar-refractivity contribution is -0.114. The van der Waals surface area contributed by atoms with E-state index in [0.29, 0.717) is 32.9 Å². The Labute approximate surface area is 250 Å². The fourth-order valence-electron chi connectivity index (χ4n) is 3.46. The highest BCUT2D eigenvalue weighted by molar-refractivity contribution is 8.00. The molecule has 1 heterocycles. The van der Waals surface area contributed by atoms with Gasteiger partial charge in [0.25, 0.3) is 11.8 Å². The summed E-state index contributed by atoms with van der Waals surface area (Å²) in [4.78, 5) is 43.7. The Bertz CT molecular complexity index is 1540. The number of nitrogens with zero attached hydrogens (tertiary/aromatic N) is 2. The molecule has 0 fully saturated rings. The molecule has 0 unspecified atom stereocenters. The van der Waals surface area contributed by atoms with Gasteiger partial charge in [0, 0.05) is 27.7 Å². The molecule has 0 aliphatic rings. The van der Waals surface area contributed by atoms with Crippen LogP contribution in [0.25, 0.3) is 6.08 Å². The van der Waals surface area contributed by atoms with Crippen LogP contribution in [0.5, 0.6) is 5.75 Å². The van der Waals surface area contributed by atoms with Crippen molar-refractivity contribution in [1.29, 1.82) is 0 Å². The van der Waals surface area contributed by atoms with Crippen molar-refractivity contribution < 1.29 is 19.1 Å². The van der Waals surface area contributed by atoms with Gasteiger partial charge < -0.3 is 15.4 Å².